The van der Waals surface area contributed by atoms with Gasteiger partial charge in [0.05, 0.1) is 6.10 Å². The second-order valence-electron chi connectivity index (χ2n) is 4.65. The Labute approximate surface area is 107 Å². The Bertz CT molecular complexity index is 549. The largest absolute Gasteiger partial charge is 0.388 e. The Morgan fingerprint density at radius 1 is 1.06 bits per heavy atom. The van der Waals surface area contributed by atoms with Crippen LogP contribution < -0.4 is 0 Å². The molecule has 0 fully saturated rings. The van der Waals surface area contributed by atoms with Crippen LogP contribution in [0.5, 0.6) is 0 Å². The zero-order chi connectivity index (χ0) is 13.1. The molecule has 0 saturated heterocycles. The van der Waals surface area contributed by atoms with Gasteiger partial charge in [0.1, 0.15) is 5.82 Å². The molecule has 2 aromatic rings. The summed E-state index contributed by atoms with van der Waals surface area (Å²) in [6, 6.07) is 12.5. The maximum absolute atomic E-state index is 13.2. The summed E-state index contributed by atoms with van der Waals surface area (Å²) in [4.78, 5) is 0. The van der Waals surface area contributed by atoms with Crippen LogP contribution in [0.1, 0.15) is 28.4 Å². The number of aryl methyl sites for hydroxylation is 2. The third-order valence-electron chi connectivity index (χ3n) is 3.27. The van der Waals surface area contributed by atoms with E-state index in [9.17, 15) is 9.50 Å². The maximum Gasteiger partial charge on any atom is 0.123 e. The number of rotatable bonds is 3. The van der Waals surface area contributed by atoms with Gasteiger partial charge in [-0.3, -0.25) is 0 Å². The number of hydrogen-bond donors (Lipinski definition) is 1. The maximum atomic E-state index is 13.2. The molecule has 0 amide bonds. The highest BCUT2D eigenvalue weighted by molar-refractivity contribution is 5.32. The summed E-state index contributed by atoms with van der Waals surface area (Å²) in [5, 5.41) is 10.2. The average Bonchev–Trinajstić information content (AvgIpc) is 2.35. The van der Waals surface area contributed by atoms with Gasteiger partial charge in [-0.25, -0.2) is 4.39 Å². The first-order valence-electron chi connectivity index (χ1n) is 6.06. The van der Waals surface area contributed by atoms with Crippen LogP contribution >= 0.6 is 0 Å². The zero-order valence-corrected chi connectivity index (χ0v) is 10.7. The fourth-order valence-corrected chi connectivity index (χ4v) is 2.13. The van der Waals surface area contributed by atoms with Gasteiger partial charge in [-0.15, -0.1) is 0 Å². The molecule has 0 heterocycles. The lowest BCUT2D eigenvalue weighted by Crippen LogP contribution is -2.05. The molecular weight excluding hydrogens is 227 g/mol. The molecule has 18 heavy (non-hydrogen) atoms. The quantitative estimate of drug-likeness (QED) is 0.872. The molecule has 1 N–H and O–H groups in total. The third kappa shape index (κ3) is 2.77. The van der Waals surface area contributed by atoms with E-state index in [2.05, 4.69) is 0 Å². The van der Waals surface area contributed by atoms with Gasteiger partial charge in [0.25, 0.3) is 0 Å². The van der Waals surface area contributed by atoms with Crippen molar-refractivity contribution in [1.29, 1.82) is 0 Å². The van der Waals surface area contributed by atoms with Crippen LogP contribution in [0.4, 0.5) is 4.39 Å². The predicted octanol–water partition coefficient (Wildman–Crippen LogP) is 3.72. The van der Waals surface area contributed by atoms with Crippen molar-refractivity contribution in [3.05, 3.63) is 70.5 Å². The van der Waals surface area contributed by atoms with Crippen LogP contribution in [0.2, 0.25) is 0 Å². The minimum atomic E-state index is -0.665. The van der Waals surface area contributed by atoms with Crippen molar-refractivity contribution in [2.24, 2.45) is 0 Å². The molecule has 2 aromatic carbocycles. The molecule has 1 atom stereocenters. The van der Waals surface area contributed by atoms with Crippen molar-refractivity contribution in [2.75, 3.05) is 0 Å². The van der Waals surface area contributed by atoms with Gasteiger partial charge in [-0.1, -0.05) is 30.3 Å². The lowest BCUT2D eigenvalue weighted by atomic mass is 9.95. The van der Waals surface area contributed by atoms with Gasteiger partial charge < -0.3 is 5.11 Å². The summed E-state index contributed by atoms with van der Waals surface area (Å²) in [7, 11) is 0. The number of hydrogen-bond acceptors (Lipinski definition) is 1. The molecule has 0 saturated carbocycles. The van der Waals surface area contributed by atoms with Crippen molar-refractivity contribution >= 4 is 0 Å². The molecule has 94 valence electrons. The standard InChI is InChI=1S/C16H17FO/c1-11-5-3-4-6-13(11)9-16(18)15-10-14(17)8-7-12(15)2/h3-8,10,16,18H,9H2,1-2H3. The molecule has 1 nitrogen and oxygen atoms in total. The van der Waals surface area contributed by atoms with E-state index in [0.717, 1.165) is 16.7 Å². The first-order chi connectivity index (χ1) is 8.58. The van der Waals surface area contributed by atoms with E-state index in [0.29, 0.717) is 12.0 Å². The molecular formula is C16H17FO. The summed E-state index contributed by atoms with van der Waals surface area (Å²) in [5.41, 5.74) is 3.81. The zero-order valence-electron chi connectivity index (χ0n) is 10.7. The molecule has 0 spiro atoms. The van der Waals surface area contributed by atoms with Crippen molar-refractivity contribution in [1.82, 2.24) is 0 Å². The average molecular weight is 244 g/mol. The van der Waals surface area contributed by atoms with Crippen LogP contribution in [-0.4, -0.2) is 5.11 Å². The summed E-state index contributed by atoms with van der Waals surface area (Å²) < 4.78 is 13.2. The molecule has 0 aromatic heterocycles. The highest BCUT2D eigenvalue weighted by atomic mass is 19.1. The molecule has 2 heteroatoms. The predicted molar refractivity (Wildman–Crippen MR) is 71.0 cm³/mol. The van der Waals surface area contributed by atoms with Crippen LogP contribution in [0.15, 0.2) is 42.5 Å². The van der Waals surface area contributed by atoms with Crippen molar-refractivity contribution in [3.8, 4) is 0 Å². The molecule has 0 bridgehead atoms. The number of halogens is 1. The monoisotopic (exact) mass is 244 g/mol. The van der Waals surface area contributed by atoms with E-state index in [1.54, 1.807) is 6.07 Å². The number of benzene rings is 2. The van der Waals surface area contributed by atoms with E-state index >= 15 is 0 Å². The molecule has 1 unspecified atom stereocenters. The van der Waals surface area contributed by atoms with Crippen molar-refractivity contribution < 1.29 is 9.50 Å². The minimum Gasteiger partial charge on any atom is -0.388 e. The van der Waals surface area contributed by atoms with E-state index in [4.69, 9.17) is 0 Å². The first-order valence-corrected chi connectivity index (χ1v) is 6.06. The highest BCUT2D eigenvalue weighted by Gasteiger charge is 2.13. The number of aliphatic hydroxyl groups excluding tert-OH is 1. The van der Waals surface area contributed by atoms with E-state index < -0.39 is 6.10 Å². The van der Waals surface area contributed by atoms with E-state index in [-0.39, 0.29) is 5.82 Å². The van der Waals surface area contributed by atoms with Crippen LogP contribution in [0.3, 0.4) is 0 Å². The summed E-state index contributed by atoms with van der Waals surface area (Å²) >= 11 is 0. The van der Waals surface area contributed by atoms with E-state index in [1.807, 2.05) is 38.1 Å². The van der Waals surface area contributed by atoms with Crippen LogP contribution in [0, 0.1) is 19.7 Å². The molecule has 2 rings (SSSR count). The van der Waals surface area contributed by atoms with Gasteiger partial charge in [0.2, 0.25) is 0 Å². The molecule has 0 aliphatic rings. The van der Waals surface area contributed by atoms with Gasteiger partial charge in [0.15, 0.2) is 0 Å². The van der Waals surface area contributed by atoms with Gasteiger partial charge in [0, 0.05) is 6.42 Å². The van der Waals surface area contributed by atoms with Crippen molar-refractivity contribution in [2.45, 2.75) is 26.4 Å². The normalized spacial score (nSPS) is 12.4. The smallest absolute Gasteiger partial charge is 0.123 e. The Morgan fingerprint density at radius 3 is 2.50 bits per heavy atom. The Hall–Kier alpha value is -1.67. The Kier molecular flexibility index (Phi) is 3.78. The minimum absolute atomic E-state index is 0.306. The van der Waals surface area contributed by atoms with Gasteiger partial charge in [-0.2, -0.15) is 0 Å². The van der Waals surface area contributed by atoms with Gasteiger partial charge in [-0.05, 0) is 48.2 Å². The topological polar surface area (TPSA) is 20.2 Å². The Balaban J connectivity index is 2.25. The van der Waals surface area contributed by atoms with E-state index in [1.165, 1.54) is 12.1 Å². The van der Waals surface area contributed by atoms with Crippen LogP contribution in [0.25, 0.3) is 0 Å². The summed E-state index contributed by atoms with van der Waals surface area (Å²) in [5.74, 6) is -0.306. The lowest BCUT2D eigenvalue weighted by Gasteiger charge is -2.15. The number of aliphatic hydroxyl groups is 1. The fourth-order valence-electron chi connectivity index (χ4n) is 2.13. The third-order valence-corrected chi connectivity index (χ3v) is 3.27. The second-order valence-corrected chi connectivity index (χ2v) is 4.65. The lowest BCUT2D eigenvalue weighted by molar-refractivity contribution is 0.177. The van der Waals surface area contributed by atoms with Crippen molar-refractivity contribution in [3.63, 3.8) is 0 Å². The highest BCUT2D eigenvalue weighted by Crippen LogP contribution is 2.23. The summed E-state index contributed by atoms with van der Waals surface area (Å²) in [6.45, 7) is 3.90. The van der Waals surface area contributed by atoms with Crippen LogP contribution in [-0.2, 0) is 6.42 Å². The van der Waals surface area contributed by atoms with Gasteiger partial charge >= 0.3 is 0 Å². The Morgan fingerprint density at radius 2 is 1.78 bits per heavy atom. The molecule has 0 aliphatic heterocycles. The first kappa shape index (κ1) is 12.8. The molecule has 0 radical (unpaired) electrons. The molecule has 0 aliphatic carbocycles. The SMILES string of the molecule is Cc1ccccc1CC(O)c1cc(F)ccc1C. The summed E-state index contributed by atoms with van der Waals surface area (Å²) in [6.07, 6.45) is -0.154. The fraction of sp³-hybridized carbons (Fsp3) is 0.250. The second kappa shape index (κ2) is 5.32.